The lowest BCUT2D eigenvalue weighted by atomic mass is 10.1. The normalized spacial score (nSPS) is 10.5. The highest BCUT2D eigenvalue weighted by Crippen LogP contribution is 2.26. The van der Waals surface area contributed by atoms with E-state index in [0.717, 1.165) is 17.0 Å². The Morgan fingerprint density at radius 1 is 0.903 bits per heavy atom. The number of hydrogen-bond acceptors (Lipinski definition) is 4. The van der Waals surface area contributed by atoms with Crippen LogP contribution in [0.15, 0.2) is 85.1 Å². The quantitative estimate of drug-likeness (QED) is 0.453. The summed E-state index contributed by atoms with van der Waals surface area (Å²) < 4.78 is 6.92. The Hall–Kier alpha value is -4.19. The molecule has 1 heterocycles. The van der Waals surface area contributed by atoms with Gasteiger partial charge in [0.25, 0.3) is 5.91 Å². The largest absolute Gasteiger partial charge is 0.497 e. The minimum Gasteiger partial charge on any atom is -0.497 e. The third-order valence-corrected chi connectivity index (χ3v) is 4.89. The van der Waals surface area contributed by atoms with E-state index in [-0.39, 0.29) is 11.7 Å². The predicted octanol–water partition coefficient (Wildman–Crippen LogP) is 5.00. The number of amides is 1. The zero-order valence-electron chi connectivity index (χ0n) is 17.2. The zero-order chi connectivity index (χ0) is 21.8. The standard InChI is InChI=1S/C25H21N3O3/c1-17(29)18-8-12-20(13-9-18)26-25(30)23-16-28(21-6-4-3-5-7-21)27-24(23)19-10-14-22(31-2)15-11-19/h3-16H,1-2H3,(H,26,30). The number of carbonyl (C=O) groups excluding carboxylic acids is 2. The molecule has 0 saturated carbocycles. The third-order valence-electron chi connectivity index (χ3n) is 4.89. The Morgan fingerprint density at radius 3 is 2.19 bits per heavy atom. The van der Waals surface area contributed by atoms with Crippen LogP contribution < -0.4 is 10.1 Å². The van der Waals surface area contributed by atoms with E-state index in [1.807, 2.05) is 54.6 Å². The second kappa shape index (κ2) is 8.67. The van der Waals surface area contributed by atoms with Crippen molar-refractivity contribution in [3.63, 3.8) is 0 Å². The van der Waals surface area contributed by atoms with Gasteiger partial charge in [0.15, 0.2) is 5.78 Å². The van der Waals surface area contributed by atoms with Gasteiger partial charge in [-0.2, -0.15) is 5.10 Å². The summed E-state index contributed by atoms with van der Waals surface area (Å²) >= 11 is 0. The van der Waals surface area contributed by atoms with Crippen LogP contribution in [0.5, 0.6) is 5.75 Å². The SMILES string of the molecule is COc1ccc(-c2nn(-c3ccccc3)cc2C(=O)Nc2ccc(C(C)=O)cc2)cc1. The van der Waals surface area contributed by atoms with Crippen LogP contribution in [0.4, 0.5) is 5.69 Å². The number of ketones is 1. The van der Waals surface area contributed by atoms with Gasteiger partial charge in [0.1, 0.15) is 11.4 Å². The summed E-state index contributed by atoms with van der Waals surface area (Å²) in [6.45, 7) is 1.51. The number of carbonyl (C=O) groups is 2. The van der Waals surface area contributed by atoms with Gasteiger partial charge >= 0.3 is 0 Å². The van der Waals surface area contributed by atoms with E-state index in [1.165, 1.54) is 6.92 Å². The molecule has 6 nitrogen and oxygen atoms in total. The summed E-state index contributed by atoms with van der Waals surface area (Å²) in [5.74, 6) is 0.412. The van der Waals surface area contributed by atoms with Crippen LogP contribution in [0.2, 0.25) is 0 Å². The number of hydrogen-bond donors (Lipinski definition) is 1. The van der Waals surface area contributed by atoms with Gasteiger partial charge in [-0.15, -0.1) is 0 Å². The number of Topliss-reactive ketones (excluding diaryl/α,β-unsaturated/α-hetero) is 1. The molecule has 6 heteroatoms. The van der Waals surface area contributed by atoms with Gasteiger partial charge in [0.05, 0.1) is 18.4 Å². The van der Waals surface area contributed by atoms with Crippen LogP contribution in [0.1, 0.15) is 27.6 Å². The molecule has 3 aromatic carbocycles. The molecule has 31 heavy (non-hydrogen) atoms. The first kappa shape index (κ1) is 20.1. The lowest BCUT2D eigenvalue weighted by molar-refractivity contribution is 0.101. The van der Waals surface area contributed by atoms with Crippen molar-refractivity contribution in [3.05, 3.63) is 96.2 Å². The van der Waals surface area contributed by atoms with Crippen molar-refractivity contribution in [1.82, 2.24) is 9.78 Å². The van der Waals surface area contributed by atoms with Crippen molar-refractivity contribution in [2.24, 2.45) is 0 Å². The molecule has 0 saturated heterocycles. The molecule has 0 aliphatic heterocycles. The Balaban J connectivity index is 1.71. The van der Waals surface area contributed by atoms with Gasteiger partial charge in [-0.25, -0.2) is 4.68 Å². The number of benzene rings is 3. The lowest BCUT2D eigenvalue weighted by Gasteiger charge is -2.07. The number of nitrogens with zero attached hydrogens (tertiary/aromatic N) is 2. The molecule has 0 aliphatic rings. The maximum absolute atomic E-state index is 13.1. The highest BCUT2D eigenvalue weighted by Gasteiger charge is 2.19. The van der Waals surface area contributed by atoms with Crippen molar-refractivity contribution in [1.29, 1.82) is 0 Å². The van der Waals surface area contributed by atoms with Gasteiger partial charge in [-0.1, -0.05) is 18.2 Å². The average Bonchev–Trinajstić information content (AvgIpc) is 3.26. The van der Waals surface area contributed by atoms with Gasteiger partial charge in [-0.3, -0.25) is 9.59 Å². The second-order valence-corrected chi connectivity index (χ2v) is 6.99. The molecule has 1 aromatic heterocycles. The Labute approximate surface area is 180 Å². The second-order valence-electron chi connectivity index (χ2n) is 6.99. The molecule has 0 spiro atoms. The molecule has 4 rings (SSSR count). The molecule has 4 aromatic rings. The maximum Gasteiger partial charge on any atom is 0.259 e. The molecule has 0 fully saturated rings. The van der Waals surface area contributed by atoms with Gasteiger partial charge in [0, 0.05) is 23.0 Å². The Kier molecular flexibility index (Phi) is 5.62. The number of aromatic nitrogens is 2. The smallest absolute Gasteiger partial charge is 0.259 e. The summed E-state index contributed by atoms with van der Waals surface area (Å²) in [6, 6.07) is 23.8. The summed E-state index contributed by atoms with van der Waals surface area (Å²) in [6.07, 6.45) is 1.72. The summed E-state index contributed by atoms with van der Waals surface area (Å²) in [4.78, 5) is 24.6. The van der Waals surface area contributed by atoms with Crippen LogP contribution in [0.25, 0.3) is 16.9 Å². The number of rotatable bonds is 6. The number of para-hydroxylation sites is 1. The van der Waals surface area contributed by atoms with E-state index < -0.39 is 0 Å². The number of methoxy groups -OCH3 is 1. The number of nitrogens with one attached hydrogen (secondary N) is 1. The highest BCUT2D eigenvalue weighted by atomic mass is 16.5. The van der Waals surface area contributed by atoms with E-state index in [4.69, 9.17) is 4.74 Å². The fourth-order valence-corrected chi connectivity index (χ4v) is 3.20. The van der Waals surface area contributed by atoms with Crippen molar-refractivity contribution in [2.45, 2.75) is 6.92 Å². The molecule has 1 N–H and O–H groups in total. The Bertz CT molecular complexity index is 1210. The van der Waals surface area contributed by atoms with Crippen LogP contribution in [-0.2, 0) is 0 Å². The molecular formula is C25H21N3O3. The summed E-state index contributed by atoms with van der Waals surface area (Å²) in [5.41, 5.74) is 3.83. The number of anilines is 1. The van der Waals surface area contributed by atoms with E-state index in [1.54, 1.807) is 42.3 Å². The van der Waals surface area contributed by atoms with E-state index >= 15 is 0 Å². The molecule has 154 valence electrons. The molecule has 0 radical (unpaired) electrons. The summed E-state index contributed by atoms with van der Waals surface area (Å²) in [5, 5.41) is 7.57. The lowest BCUT2D eigenvalue weighted by Crippen LogP contribution is -2.12. The minimum absolute atomic E-state index is 0.0243. The van der Waals surface area contributed by atoms with E-state index in [0.29, 0.717) is 22.5 Å². The van der Waals surface area contributed by atoms with Crippen LogP contribution in [0, 0.1) is 0 Å². The van der Waals surface area contributed by atoms with E-state index in [9.17, 15) is 9.59 Å². The summed E-state index contributed by atoms with van der Waals surface area (Å²) in [7, 11) is 1.61. The fourth-order valence-electron chi connectivity index (χ4n) is 3.20. The molecule has 0 bridgehead atoms. The molecule has 0 unspecified atom stereocenters. The first-order chi connectivity index (χ1) is 15.0. The van der Waals surface area contributed by atoms with Gasteiger partial charge < -0.3 is 10.1 Å². The van der Waals surface area contributed by atoms with Crippen LogP contribution >= 0.6 is 0 Å². The molecule has 1 amide bonds. The number of ether oxygens (including phenoxy) is 1. The van der Waals surface area contributed by atoms with Crippen LogP contribution in [-0.4, -0.2) is 28.6 Å². The van der Waals surface area contributed by atoms with Crippen molar-refractivity contribution in [3.8, 4) is 22.7 Å². The van der Waals surface area contributed by atoms with Crippen molar-refractivity contribution >= 4 is 17.4 Å². The zero-order valence-corrected chi connectivity index (χ0v) is 17.2. The molecule has 0 aliphatic carbocycles. The average molecular weight is 411 g/mol. The predicted molar refractivity (Wildman–Crippen MR) is 120 cm³/mol. The molecule has 0 atom stereocenters. The van der Waals surface area contributed by atoms with Gasteiger partial charge in [-0.05, 0) is 67.6 Å². The van der Waals surface area contributed by atoms with Crippen LogP contribution in [0.3, 0.4) is 0 Å². The highest BCUT2D eigenvalue weighted by molar-refractivity contribution is 6.08. The van der Waals surface area contributed by atoms with Crippen molar-refractivity contribution in [2.75, 3.05) is 12.4 Å². The Morgan fingerprint density at radius 2 is 1.58 bits per heavy atom. The first-order valence-electron chi connectivity index (χ1n) is 9.77. The maximum atomic E-state index is 13.1. The van der Waals surface area contributed by atoms with Gasteiger partial charge in [0.2, 0.25) is 0 Å². The third kappa shape index (κ3) is 4.38. The molecular weight excluding hydrogens is 390 g/mol. The topological polar surface area (TPSA) is 73.2 Å². The van der Waals surface area contributed by atoms with E-state index in [2.05, 4.69) is 10.4 Å². The monoisotopic (exact) mass is 411 g/mol. The minimum atomic E-state index is -0.288. The van der Waals surface area contributed by atoms with Crippen molar-refractivity contribution < 1.29 is 14.3 Å². The fraction of sp³-hybridized carbons (Fsp3) is 0.0800. The first-order valence-corrected chi connectivity index (χ1v) is 9.77.